The van der Waals surface area contributed by atoms with Crippen molar-refractivity contribution in [3.8, 4) is 22.3 Å². The first-order valence-corrected chi connectivity index (χ1v) is 14.2. The second-order valence-electron chi connectivity index (χ2n) is 10.8. The molecule has 2 nitrogen and oxygen atoms in total. The minimum absolute atomic E-state index is 0.880. The van der Waals surface area contributed by atoms with Crippen LogP contribution in [0.25, 0.3) is 22.3 Å². The molecule has 0 unspecified atom stereocenters. The van der Waals surface area contributed by atoms with Gasteiger partial charge in [-0.3, -0.25) is 0 Å². The third-order valence-corrected chi connectivity index (χ3v) is 7.73. The molecule has 0 atom stereocenters. The van der Waals surface area contributed by atoms with Crippen LogP contribution >= 0.6 is 0 Å². The van der Waals surface area contributed by atoms with E-state index in [1.165, 1.54) is 95.9 Å². The van der Waals surface area contributed by atoms with Gasteiger partial charge in [-0.25, -0.2) is 0 Å². The van der Waals surface area contributed by atoms with Crippen molar-refractivity contribution in [1.82, 2.24) is 0 Å². The van der Waals surface area contributed by atoms with Gasteiger partial charge in [0.05, 0.1) is 0 Å². The summed E-state index contributed by atoms with van der Waals surface area (Å²) in [4.78, 5) is 0. The van der Waals surface area contributed by atoms with Gasteiger partial charge in [0.2, 0.25) is 0 Å². The standard InChI is InChI=1S/C34H48N2/c1-7-9-11-13-15-27-21-32(30-18-26(6)34(36)20-24(30)4)28(16-14-12-10-8-2)22-31(27)29-17-25(5)33(35)19-23(29)3/h17-22H,7-16,35-36H2,1-6H3. The molecule has 0 amide bonds. The predicted octanol–water partition coefficient (Wildman–Crippen LogP) is 9.66. The highest BCUT2D eigenvalue weighted by Crippen LogP contribution is 2.38. The van der Waals surface area contributed by atoms with E-state index in [0.717, 1.165) is 35.3 Å². The first kappa shape index (κ1) is 27.8. The van der Waals surface area contributed by atoms with Gasteiger partial charge in [-0.15, -0.1) is 0 Å². The maximum absolute atomic E-state index is 6.28. The Hall–Kier alpha value is -2.74. The summed E-state index contributed by atoms with van der Waals surface area (Å²) in [5, 5.41) is 0. The fourth-order valence-corrected chi connectivity index (χ4v) is 5.35. The number of nitrogen functional groups attached to an aromatic ring is 2. The molecular weight excluding hydrogens is 436 g/mol. The summed E-state index contributed by atoms with van der Waals surface area (Å²) in [6.45, 7) is 13.2. The van der Waals surface area contributed by atoms with E-state index in [0.29, 0.717) is 0 Å². The van der Waals surface area contributed by atoms with Gasteiger partial charge >= 0.3 is 0 Å². The van der Waals surface area contributed by atoms with E-state index in [9.17, 15) is 0 Å². The molecule has 0 aliphatic rings. The Labute approximate surface area is 220 Å². The average Bonchev–Trinajstić information content (AvgIpc) is 2.84. The minimum Gasteiger partial charge on any atom is -0.399 e. The van der Waals surface area contributed by atoms with Gasteiger partial charge in [0.25, 0.3) is 0 Å². The van der Waals surface area contributed by atoms with Gasteiger partial charge in [-0.2, -0.15) is 0 Å². The number of aryl methyl sites for hydroxylation is 6. The Balaban J connectivity index is 2.20. The number of nitrogens with two attached hydrogens (primary N) is 2. The van der Waals surface area contributed by atoms with Crippen LogP contribution in [0.3, 0.4) is 0 Å². The number of hydrogen-bond donors (Lipinski definition) is 2. The van der Waals surface area contributed by atoms with Crippen molar-refractivity contribution >= 4 is 11.4 Å². The summed E-state index contributed by atoms with van der Waals surface area (Å²) in [6, 6.07) is 13.9. The Kier molecular flexibility index (Phi) is 10.0. The molecule has 0 spiro atoms. The van der Waals surface area contributed by atoms with Gasteiger partial charge < -0.3 is 11.5 Å². The normalized spacial score (nSPS) is 11.3. The maximum atomic E-state index is 6.28. The average molecular weight is 485 g/mol. The van der Waals surface area contributed by atoms with Crippen LogP contribution in [0.2, 0.25) is 0 Å². The van der Waals surface area contributed by atoms with E-state index in [4.69, 9.17) is 11.5 Å². The van der Waals surface area contributed by atoms with Gasteiger partial charge in [0.1, 0.15) is 0 Å². The van der Waals surface area contributed by atoms with E-state index in [-0.39, 0.29) is 0 Å². The van der Waals surface area contributed by atoms with Crippen LogP contribution in [0.1, 0.15) is 98.6 Å². The maximum Gasteiger partial charge on any atom is 0.0346 e. The number of rotatable bonds is 12. The quantitative estimate of drug-likeness (QED) is 0.198. The number of anilines is 2. The molecule has 0 aromatic heterocycles. The van der Waals surface area contributed by atoms with Gasteiger partial charge in [-0.05, 0) is 133 Å². The summed E-state index contributed by atoms with van der Waals surface area (Å²) in [5.74, 6) is 0. The molecule has 2 heteroatoms. The molecule has 0 aliphatic heterocycles. The van der Waals surface area contributed by atoms with Crippen molar-refractivity contribution < 1.29 is 0 Å². The SMILES string of the molecule is CCCCCCc1cc(-c2cc(C)c(N)cc2C)c(CCCCCC)cc1-c1cc(C)c(N)cc1C. The van der Waals surface area contributed by atoms with E-state index in [1.807, 2.05) is 0 Å². The molecule has 3 aromatic carbocycles. The van der Waals surface area contributed by atoms with Crippen molar-refractivity contribution in [1.29, 1.82) is 0 Å². The molecule has 0 heterocycles. The molecule has 3 aromatic rings. The third kappa shape index (κ3) is 6.72. The lowest BCUT2D eigenvalue weighted by atomic mass is 9.84. The molecule has 0 saturated carbocycles. The lowest BCUT2D eigenvalue weighted by Crippen LogP contribution is -2.02. The first-order valence-electron chi connectivity index (χ1n) is 14.2. The monoisotopic (exact) mass is 484 g/mol. The Morgan fingerprint density at radius 3 is 1.19 bits per heavy atom. The molecule has 4 N–H and O–H groups in total. The Bertz CT molecular complexity index is 1080. The summed E-state index contributed by atoms with van der Waals surface area (Å²) < 4.78 is 0. The van der Waals surface area contributed by atoms with Crippen molar-refractivity contribution in [2.24, 2.45) is 0 Å². The summed E-state index contributed by atoms with van der Waals surface area (Å²) >= 11 is 0. The molecule has 36 heavy (non-hydrogen) atoms. The fraction of sp³-hybridized carbons (Fsp3) is 0.471. The van der Waals surface area contributed by atoms with Crippen molar-refractivity contribution in [3.63, 3.8) is 0 Å². The van der Waals surface area contributed by atoms with Crippen molar-refractivity contribution in [3.05, 3.63) is 69.8 Å². The number of unbranched alkanes of at least 4 members (excludes halogenated alkanes) is 6. The number of benzene rings is 3. The highest BCUT2D eigenvalue weighted by molar-refractivity contribution is 5.81. The van der Waals surface area contributed by atoms with Crippen LogP contribution < -0.4 is 11.5 Å². The molecule has 0 aliphatic carbocycles. The topological polar surface area (TPSA) is 52.0 Å². The highest BCUT2D eigenvalue weighted by atomic mass is 14.6. The molecule has 194 valence electrons. The van der Waals surface area contributed by atoms with Crippen molar-refractivity contribution in [2.75, 3.05) is 11.5 Å². The molecule has 3 rings (SSSR count). The second kappa shape index (κ2) is 13.0. The van der Waals surface area contributed by atoms with Crippen LogP contribution in [0.15, 0.2) is 36.4 Å². The van der Waals surface area contributed by atoms with Gasteiger partial charge in [0.15, 0.2) is 0 Å². The van der Waals surface area contributed by atoms with Crippen LogP contribution in [0, 0.1) is 27.7 Å². The largest absolute Gasteiger partial charge is 0.399 e. The summed E-state index contributed by atoms with van der Waals surface area (Å²) in [6.07, 6.45) is 12.3. The van der Waals surface area contributed by atoms with Crippen molar-refractivity contribution in [2.45, 2.75) is 106 Å². The van der Waals surface area contributed by atoms with Gasteiger partial charge in [0, 0.05) is 11.4 Å². The van der Waals surface area contributed by atoms with E-state index in [2.05, 4.69) is 77.9 Å². The van der Waals surface area contributed by atoms with Crippen LogP contribution in [0.5, 0.6) is 0 Å². The molecule has 0 bridgehead atoms. The van der Waals surface area contributed by atoms with Gasteiger partial charge in [-0.1, -0.05) is 64.5 Å². The fourth-order valence-electron chi connectivity index (χ4n) is 5.35. The van der Waals surface area contributed by atoms with Crippen LogP contribution in [0.4, 0.5) is 11.4 Å². The first-order chi connectivity index (χ1) is 17.3. The molecule has 0 radical (unpaired) electrons. The zero-order chi connectivity index (χ0) is 26.2. The van der Waals surface area contributed by atoms with E-state index >= 15 is 0 Å². The highest BCUT2D eigenvalue weighted by Gasteiger charge is 2.17. The number of hydrogen-bond acceptors (Lipinski definition) is 2. The third-order valence-electron chi connectivity index (χ3n) is 7.73. The molecule has 0 saturated heterocycles. The van der Waals surface area contributed by atoms with E-state index < -0.39 is 0 Å². The minimum atomic E-state index is 0.880. The van der Waals surface area contributed by atoms with Crippen LogP contribution in [-0.2, 0) is 12.8 Å². The lowest BCUT2D eigenvalue weighted by molar-refractivity contribution is 0.664. The predicted molar refractivity (Wildman–Crippen MR) is 161 cm³/mol. The zero-order valence-corrected chi connectivity index (χ0v) is 23.7. The van der Waals surface area contributed by atoms with E-state index in [1.54, 1.807) is 0 Å². The lowest BCUT2D eigenvalue weighted by Gasteiger charge is -2.21. The Morgan fingerprint density at radius 2 is 0.833 bits per heavy atom. The second-order valence-corrected chi connectivity index (χ2v) is 10.8. The zero-order valence-electron chi connectivity index (χ0n) is 23.7. The molecule has 0 fully saturated rings. The molecular formula is C34H48N2. The summed E-state index contributed by atoms with van der Waals surface area (Å²) in [7, 11) is 0. The van der Waals surface area contributed by atoms with Crippen LogP contribution in [-0.4, -0.2) is 0 Å². The summed E-state index contributed by atoms with van der Waals surface area (Å²) in [5.41, 5.74) is 27.5. The smallest absolute Gasteiger partial charge is 0.0346 e. The Morgan fingerprint density at radius 1 is 0.444 bits per heavy atom.